The van der Waals surface area contributed by atoms with Crippen molar-refractivity contribution < 1.29 is 8.42 Å². The molecule has 13 heavy (non-hydrogen) atoms. The summed E-state index contributed by atoms with van der Waals surface area (Å²) < 4.78 is 21.2. The van der Waals surface area contributed by atoms with Gasteiger partial charge in [-0.25, -0.2) is 8.42 Å². The Morgan fingerprint density at radius 3 is 2.54 bits per heavy atom. The number of hydrogen-bond acceptors (Lipinski definition) is 2. The first kappa shape index (κ1) is 10.8. The Bertz CT molecular complexity index is 381. The number of allylic oxidation sites excluding steroid dienone is 3. The highest BCUT2D eigenvalue weighted by molar-refractivity contribution is 8.15. The molecule has 0 fully saturated rings. The minimum Gasteiger partial charge on any atom is -0.211 e. The van der Waals surface area contributed by atoms with Crippen LogP contribution in [0.15, 0.2) is 35.9 Å². The Kier molecular flexibility index (Phi) is 2.90. The van der Waals surface area contributed by atoms with Crippen LogP contribution in [0.4, 0.5) is 0 Å². The third-order valence-electron chi connectivity index (χ3n) is 1.94. The van der Waals surface area contributed by atoms with Crippen LogP contribution in [-0.2, 0) is 9.05 Å². The van der Waals surface area contributed by atoms with E-state index in [1.807, 2.05) is 0 Å². The molecule has 72 valence electrons. The molecular weight excluding hydrogens is 231 g/mol. The second kappa shape index (κ2) is 3.48. The maximum atomic E-state index is 11.2. The van der Waals surface area contributed by atoms with E-state index in [-0.39, 0.29) is 6.42 Å². The highest BCUT2D eigenvalue weighted by Crippen LogP contribution is 2.33. The van der Waals surface area contributed by atoms with Crippen molar-refractivity contribution in [3.8, 4) is 0 Å². The molecule has 0 saturated heterocycles. The molecule has 0 N–H and O–H groups in total. The summed E-state index contributed by atoms with van der Waals surface area (Å²) in [5.41, 5.74) is 0. The van der Waals surface area contributed by atoms with Gasteiger partial charge < -0.3 is 0 Å². The maximum absolute atomic E-state index is 11.2. The van der Waals surface area contributed by atoms with Crippen molar-refractivity contribution in [1.29, 1.82) is 0 Å². The summed E-state index contributed by atoms with van der Waals surface area (Å²) in [5, 5.41) is 0.512. The maximum Gasteiger partial charge on any atom is 0.245 e. The minimum atomic E-state index is -3.70. The van der Waals surface area contributed by atoms with Crippen molar-refractivity contribution in [2.45, 2.75) is 11.2 Å². The summed E-state index contributed by atoms with van der Waals surface area (Å²) in [4.78, 5) is 0. The van der Waals surface area contributed by atoms with E-state index in [4.69, 9.17) is 22.3 Å². The molecule has 0 aromatic heterocycles. The lowest BCUT2D eigenvalue weighted by atomic mass is 10.00. The lowest BCUT2D eigenvalue weighted by Gasteiger charge is -2.23. The van der Waals surface area contributed by atoms with Gasteiger partial charge in [-0.1, -0.05) is 29.8 Å². The molecule has 1 aliphatic rings. The van der Waals surface area contributed by atoms with Crippen molar-refractivity contribution in [2.75, 3.05) is 0 Å². The van der Waals surface area contributed by atoms with E-state index < -0.39 is 13.8 Å². The topological polar surface area (TPSA) is 34.1 Å². The van der Waals surface area contributed by atoms with Gasteiger partial charge in [-0.15, -0.1) is 6.58 Å². The molecule has 0 aliphatic heterocycles. The standard InChI is InChI=1S/C8H8Cl2O2S/c1-2-8(13(10,11)12)5-3-7(9)4-6-8/h2-5H,1,6H2. The molecule has 0 aromatic rings. The third kappa shape index (κ3) is 1.98. The van der Waals surface area contributed by atoms with Gasteiger partial charge in [-0.05, 0) is 12.5 Å². The van der Waals surface area contributed by atoms with Gasteiger partial charge in [0.1, 0.15) is 4.75 Å². The van der Waals surface area contributed by atoms with Gasteiger partial charge in [0.2, 0.25) is 9.05 Å². The summed E-state index contributed by atoms with van der Waals surface area (Å²) in [6.45, 7) is 3.46. The fraction of sp³-hybridized carbons (Fsp3) is 0.250. The van der Waals surface area contributed by atoms with Crippen molar-refractivity contribution >= 4 is 31.3 Å². The van der Waals surface area contributed by atoms with Gasteiger partial charge in [0.25, 0.3) is 0 Å². The van der Waals surface area contributed by atoms with Crippen LogP contribution in [0.5, 0.6) is 0 Å². The SMILES string of the molecule is C=CC1(S(=O)(=O)Cl)C=CC(Cl)=CC1. The summed E-state index contributed by atoms with van der Waals surface area (Å²) >= 11 is 5.65. The second-order valence-corrected chi connectivity index (χ2v) is 6.01. The quantitative estimate of drug-likeness (QED) is 0.548. The molecule has 1 aliphatic carbocycles. The molecule has 0 heterocycles. The Morgan fingerprint density at radius 1 is 1.62 bits per heavy atom. The van der Waals surface area contributed by atoms with Gasteiger partial charge in [-0.2, -0.15) is 0 Å². The summed E-state index contributed by atoms with van der Waals surface area (Å²) in [6, 6.07) is 0. The molecule has 1 unspecified atom stereocenters. The van der Waals surface area contributed by atoms with Crippen LogP contribution < -0.4 is 0 Å². The van der Waals surface area contributed by atoms with E-state index in [9.17, 15) is 8.42 Å². The Labute approximate surface area is 87.0 Å². The number of hydrogen-bond donors (Lipinski definition) is 0. The van der Waals surface area contributed by atoms with Crippen LogP contribution in [-0.4, -0.2) is 13.2 Å². The molecule has 0 bridgehead atoms. The first-order valence-electron chi connectivity index (χ1n) is 3.54. The van der Waals surface area contributed by atoms with E-state index in [0.29, 0.717) is 5.03 Å². The predicted molar refractivity (Wildman–Crippen MR) is 55.4 cm³/mol. The molecule has 0 spiro atoms. The van der Waals surface area contributed by atoms with Gasteiger partial charge in [0.05, 0.1) is 0 Å². The second-order valence-electron chi connectivity index (χ2n) is 2.72. The van der Waals surface area contributed by atoms with Gasteiger partial charge in [-0.3, -0.25) is 0 Å². The largest absolute Gasteiger partial charge is 0.245 e. The van der Waals surface area contributed by atoms with Crippen LogP contribution in [0.1, 0.15) is 6.42 Å². The average molecular weight is 239 g/mol. The number of halogens is 2. The van der Waals surface area contributed by atoms with Crippen molar-refractivity contribution in [1.82, 2.24) is 0 Å². The molecule has 0 saturated carbocycles. The Morgan fingerprint density at radius 2 is 2.23 bits per heavy atom. The number of rotatable bonds is 2. The Hall–Kier alpha value is -0.250. The zero-order valence-electron chi connectivity index (χ0n) is 6.70. The monoisotopic (exact) mass is 238 g/mol. The lowest BCUT2D eigenvalue weighted by molar-refractivity contribution is 0.589. The normalized spacial score (nSPS) is 28.3. The fourth-order valence-electron chi connectivity index (χ4n) is 1.05. The van der Waals surface area contributed by atoms with Crippen LogP contribution in [0.3, 0.4) is 0 Å². The molecular formula is C8H8Cl2O2S. The van der Waals surface area contributed by atoms with E-state index in [2.05, 4.69) is 6.58 Å². The van der Waals surface area contributed by atoms with E-state index in [1.54, 1.807) is 6.08 Å². The van der Waals surface area contributed by atoms with Crippen LogP contribution in [0.25, 0.3) is 0 Å². The molecule has 0 radical (unpaired) electrons. The van der Waals surface area contributed by atoms with Crippen LogP contribution >= 0.6 is 22.3 Å². The van der Waals surface area contributed by atoms with Crippen molar-refractivity contribution in [3.05, 3.63) is 35.9 Å². The molecule has 5 heteroatoms. The van der Waals surface area contributed by atoms with E-state index in [1.165, 1.54) is 18.2 Å². The average Bonchev–Trinajstić information content (AvgIpc) is 2.04. The van der Waals surface area contributed by atoms with Crippen molar-refractivity contribution in [3.63, 3.8) is 0 Å². The molecule has 1 atom stereocenters. The highest BCUT2D eigenvalue weighted by Gasteiger charge is 2.37. The molecule has 0 aromatic carbocycles. The molecule has 1 rings (SSSR count). The first-order valence-corrected chi connectivity index (χ1v) is 6.23. The van der Waals surface area contributed by atoms with Crippen molar-refractivity contribution in [2.24, 2.45) is 0 Å². The highest BCUT2D eigenvalue weighted by atomic mass is 35.7. The summed E-state index contributed by atoms with van der Waals surface area (Å²) in [6.07, 6.45) is 6.10. The summed E-state index contributed by atoms with van der Waals surface area (Å²) in [7, 11) is 1.60. The lowest BCUT2D eigenvalue weighted by Crippen LogP contribution is -2.31. The van der Waals surface area contributed by atoms with Gasteiger partial charge in [0, 0.05) is 15.7 Å². The first-order chi connectivity index (χ1) is 5.91. The molecule has 2 nitrogen and oxygen atoms in total. The summed E-state index contributed by atoms with van der Waals surface area (Å²) in [5.74, 6) is 0. The van der Waals surface area contributed by atoms with Crippen LogP contribution in [0.2, 0.25) is 0 Å². The fourth-order valence-corrected chi connectivity index (χ4v) is 2.43. The van der Waals surface area contributed by atoms with E-state index >= 15 is 0 Å². The van der Waals surface area contributed by atoms with Gasteiger partial charge in [0.15, 0.2) is 0 Å². The smallest absolute Gasteiger partial charge is 0.211 e. The predicted octanol–water partition coefficient (Wildman–Crippen LogP) is 2.56. The van der Waals surface area contributed by atoms with E-state index in [0.717, 1.165) is 0 Å². The minimum absolute atomic E-state index is 0.234. The molecule has 0 amide bonds. The zero-order chi connectivity index (χ0) is 10.1. The zero-order valence-corrected chi connectivity index (χ0v) is 9.03. The Balaban J connectivity index is 3.16. The van der Waals surface area contributed by atoms with Gasteiger partial charge >= 0.3 is 0 Å². The third-order valence-corrected chi connectivity index (χ3v) is 4.46. The van der Waals surface area contributed by atoms with Crippen LogP contribution in [0, 0.1) is 0 Å².